The molecule has 1 aromatic heterocycles. The zero-order valence-corrected chi connectivity index (χ0v) is 11.1. The van der Waals surface area contributed by atoms with Gasteiger partial charge in [-0.05, 0) is 36.2 Å². The van der Waals surface area contributed by atoms with Crippen molar-refractivity contribution >= 4 is 15.9 Å². The van der Waals surface area contributed by atoms with Crippen molar-refractivity contribution in [2.24, 2.45) is 5.73 Å². The summed E-state index contributed by atoms with van der Waals surface area (Å²) >= 11 is 3.45. The van der Waals surface area contributed by atoms with Crippen molar-refractivity contribution < 1.29 is 4.74 Å². The average molecular weight is 293 g/mol. The number of benzene rings is 1. The molecule has 0 amide bonds. The molecule has 0 radical (unpaired) electrons. The van der Waals surface area contributed by atoms with Gasteiger partial charge in [-0.3, -0.25) is 0 Å². The Labute approximate surface area is 109 Å². The number of ether oxygens (including phenoxy) is 1. The maximum atomic E-state index is 5.64. The summed E-state index contributed by atoms with van der Waals surface area (Å²) in [7, 11) is 0. The highest BCUT2D eigenvalue weighted by Gasteiger charge is 2.01. The summed E-state index contributed by atoms with van der Waals surface area (Å²) in [6.45, 7) is 2.51. The van der Waals surface area contributed by atoms with E-state index in [-0.39, 0.29) is 0 Å². The van der Waals surface area contributed by atoms with Crippen LogP contribution in [0.1, 0.15) is 11.1 Å². The van der Waals surface area contributed by atoms with Gasteiger partial charge in [-0.25, -0.2) is 4.98 Å². The Bertz CT molecular complexity index is 511. The first kappa shape index (κ1) is 12.1. The maximum Gasteiger partial charge on any atom is 0.219 e. The topological polar surface area (TPSA) is 48.1 Å². The number of hydrogen-bond donors (Lipinski definition) is 1. The molecule has 0 aliphatic rings. The Morgan fingerprint density at radius 1 is 1.29 bits per heavy atom. The van der Waals surface area contributed by atoms with Gasteiger partial charge in [-0.1, -0.05) is 22.0 Å². The van der Waals surface area contributed by atoms with Crippen LogP contribution >= 0.6 is 15.9 Å². The summed E-state index contributed by atoms with van der Waals surface area (Å²) in [6, 6.07) is 9.55. The van der Waals surface area contributed by atoms with Crippen molar-refractivity contribution in [2.45, 2.75) is 13.5 Å². The van der Waals surface area contributed by atoms with Crippen molar-refractivity contribution in [1.82, 2.24) is 4.98 Å². The van der Waals surface area contributed by atoms with E-state index in [1.54, 1.807) is 6.20 Å². The van der Waals surface area contributed by atoms with Crippen LogP contribution in [0.3, 0.4) is 0 Å². The number of pyridine rings is 1. The molecular weight excluding hydrogens is 280 g/mol. The van der Waals surface area contributed by atoms with Crippen LogP contribution in [0.25, 0.3) is 0 Å². The van der Waals surface area contributed by atoms with Gasteiger partial charge in [0.05, 0.1) is 0 Å². The zero-order chi connectivity index (χ0) is 12.3. The number of hydrogen-bond acceptors (Lipinski definition) is 3. The summed E-state index contributed by atoms with van der Waals surface area (Å²) in [4.78, 5) is 4.18. The van der Waals surface area contributed by atoms with Gasteiger partial charge in [0.15, 0.2) is 0 Å². The molecule has 0 saturated carbocycles. The normalized spacial score (nSPS) is 10.3. The molecule has 0 spiro atoms. The van der Waals surface area contributed by atoms with E-state index in [1.807, 2.05) is 37.3 Å². The van der Waals surface area contributed by atoms with E-state index in [0.29, 0.717) is 12.4 Å². The SMILES string of the molecule is Cc1cc(Oc2ccc(CN)cn2)ccc1Br. The molecule has 1 aromatic carbocycles. The van der Waals surface area contributed by atoms with Crippen molar-refractivity contribution in [2.75, 3.05) is 0 Å². The molecule has 2 N–H and O–H groups in total. The van der Waals surface area contributed by atoms with E-state index >= 15 is 0 Å². The predicted molar refractivity (Wildman–Crippen MR) is 71.1 cm³/mol. The van der Waals surface area contributed by atoms with E-state index in [1.165, 1.54) is 0 Å². The average Bonchev–Trinajstić information content (AvgIpc) is 2.35. The van der Waals surface area contributed by atoms with E-state index in [0.717, 1.165) is 21.3 Å². The first-order valence-electron chi connectivity index (χ1n) is 5.28. The number of nitrogens with two attached hydrogens (primary N) is 1. The predicted octanol–water partition coefficient (Wildman–Crippen LogP) is 3.40. The number of halogens is 1. The molecular formula is C13H13BrN2O. The number of nitrogens with zero attached hydrogens (tertiary/aromatic N) is 1. The Kier molecular flexibility index (Phi) is 3.76. The lowest BCUT2D eigenvalue weighted by Crippen LogP contribution is -1.97. The summed E-state index contributed by atoms with van der Waals surface area (Å²) < 4.78 is 6.71. The first-order chi connectivity index (χ1) is 8.19. The largest absolute Gasteiger partial charge is 0.439 e. The molecule has 0 saturated heterocycles. The van der Waals surface area contributed by atoms with Gasteiger partial charge in [-0.15, -0.1) is 0 Å². The molecule has 0 aliphatic heterocycles. The Morgan fingerprint density at radius 2 is 2.12 bits per heavy atom. The van der Waals surface area contributed by atoms with E-state index in [9.17, 15) is 0 Å². The molecule has 1 heterocycles. The summed E-state index contributed by atoms with van der Waals surface area (Å²) in [5, 5.41) is 0. The monoisotopic (exact) mass is 292 g/mol. The number of aryl methyl sites for hydroxylation is 1. The highest BCUT2D eigenvalue weighted by atomic mass is 79.9. The smallest absolute Gasteiger partial charge is 0.219 e. The summed E-state index contributed by atoms with van der Waals surface area (Å²) in [6.07, 6.45) is 1.72. The molecule has 2 rings (SSSR count). The van der Waals surface area contributed by atoms with Crippen LogP contribution in [0.5, 0.6) is 11.6 Å². The van der Waals surface area contributed by atoms with E-state index < -0.39 is 0 Å². The quantitative estimate of drug-likeness (QED) is 0.943. The van der Waals surface area contributed by atoms with Crippen LogP contribution in [0, 0.1) is 6.92 Å². The summed E-state index contributed by atoms with van der Waals surface area (Å²) in [5.41, 5.74) is 7.62. The van der Waals surface area contributed by atoms with E-state index in [2.05, 4.69) is 20.9 Å². The van der Waals surface area contributed by atoms with Crippen LogP contribution in [0.4, 0.5) is 0 Å². The molecule has 0 atom stereocenters. The minimum absolute atomic E-state index is 0.491. The second-order valence-electron chi connectivity index (χ2n) is 3.72. The van der Waals surface area contributed by atoms with Crippen LogP contribution in [-0.4, -0.2) is 4.98 Å². The number of rotatable bonds is 3. The standard InChI is InChI=1S/C13H13BrN2O/c1-9-6-11(3-4-12(9)14)17-13-5-2-10(7-15)8-16-13/h2-6,8H,7,15H2,1H3. The van der Waals surface area contributed by atoms with Gasteiger partial charge in [0.1, 0.15) is 5.75 Å². The van der Waals surface area contributed by atoms with E-state index in [4.69, 9.17) is 10.5 Å². The van der Waals surface area contributed by atoms with Crippen LogP contribution < -0.4 is 10.5 Å². The van der Waals surface area contributed by atoms with Crippen molar-refractivity contribution in [3.05, 3.63) is 52.1 Å². The molecule has 88 valence electrons. The second-order valence-corrected chi connectivity index (χ2v) is 4.58. The van der Waals surface area contributed by atoms with Crippen LogP contribution in [0.2, 0.25) is 0 Å². The molecule has 2 aromatic rings. The summed E-state index contributed by atoms with van der Waals surface area (Å²) in [5.74, 6) is 1.35. The molecule has 0 fully saturated rings. The van der Waals surface area contributed by atoms with Gasteiger partial charge in [-0.2, -0.15) is 0 Å². The zero-order valence-electron chi connectivity index (χ0n) is 9.48. The Morgan fingerprint density at radius 3 is 2.71 bits per heavy atom. The fourth-order valence-corrected chi connectivity index (χ4v) is 1.64. The minimum atomic E-state index is 0.491. The fourth-order valence-electron chi connectivity index (χ4n) is 1.39. The van der Waals surface area contributed by atoms with Gasteiger partial charge in [0, 0.05) is 23.3 Å². The van der Waals surface area contributed by atoms with Gasteiger partial charge >= 0.3 is 0 Å². The van der Waals surface area contributed by atoms with Gasteiger partial charge < -0.3 is 10.5 Å². The second kappa shape index (κ2) is 5.29. The molecule has 17 heavy (non-hydrogen) atoms. The molecule has 0 unspecified atom stereocenters. The van der Waals surface area contributed by atoms with Gasteiger partial charge in [0.25, 0.3) is 0 Å². The third kappa shape index (κ3) is 3.05. The highest BCUT2D eigenvalue weighted by molar-refractivity contribution is 9.10. The molecule has 0 bridgehead atoms. The molecule has 4 heteroatoms. The third-order valence-corrected chi connectivity index (χ3v) is 3.27. The Balaban J connectivity index is 2.16. The molecule has 3 nitrogen and oxygen atoms in total. The lowest BCUT2D eigenvalue weighted by atomic mass is 10.2. The lowest BCUT2D eigenvalue weighted by molar-refractivity contribution is 0.462. The van der Waals surface area contributed by atoms with Crippen LogP contribution in [-0.2, 0) is 6.54 Å². The van der Waals surface area contributed by atoms with Crippen molar-refractivity contribution in [3.8, 4) is 11.6 Å². The lowest BCUT2D eigenvalue weighted by Gasteiger charge is -2.06. The fraction of sp³-hybridized carbons (Fsp3) is 0.154. The third-order valence-electron chi connectivity index (χ3n) is 2.39. The van der Waals surface area contributed by atoms with Crippen molar-refractivity contribution in [1.29, 1.82) is 0 Å². The minimum Gasteiger partial charge on any atom is -0.439 e. The van der Waals surface area contributed by atoms with Gasteiger partial charge in [0.2, 0.25) is 5.88 Å². The highest BCUT2D eigenvalue weighted by Crippen LogP contribution is 2.25. The Hall–Kier alpha value is -1.39. The molecule has 0 aliphatic carbocycles. The maximum absolute atomic E-state index is 5.64. The number of aromatic nitrogens is 1. The first-order valence-corrected chi connectivity index (χ1v) is 6.07. The van der Waals surface area contributed by atoms with Crippen molar-refractivity contribution in [3.63, 3.8) is 0 Å². The van der Waals surface area contributed by atoms with Crippen LogP contribution in [0.15, 0.2) is 41.0 Å².